The summed E-state index contributed by atoms with van der Waals surface area (Å²) in [5, 5.41) is 0.710. The van der Waals surface area contributed by atoms with Crippen molar-refractivity contribution in [1.82, 2.24) is 9.88 Å². The Bertz CT molecular complexity index is 1020. The molecule has 0 bridgehead atoms. The predicted molar refractivity (Wildman–Crippen MR) is 116 cm³/mol. The van der Waals surface area contributed by atoms with Gasteiger partial charge in [-0.1, -0.05) is 41.9 Å². The van der Waals surface area contributed by atoms with Crippen LogP contribution in [0.2, 0.25) is 5.02 Å². The highest BCUT2D eigenvalue weighted by Crippen LogP contribution is 2.28. The van der Waals surface area contributed by atoms with Crippen LogP contribution in [0.15, 0.2) is 59.1 Å². The van der Waals surface area contributed by atoms with Gasteiger partial charge in [-0.25, -0.2) is 4.98 Å². The molecule has 1 aliphatic rings. The number of hydrogen-bond acceptors (Lipinski definition) is 4. The maximum atomic E-state index is 12.7. The smallest absolute Gasteiger partial charge is 0.260 e. The fraction of sp³-hybridized carbons (Fsp3) is 0.333. The monoisotopic (exact) mass is 424 g/mol. The van der Waals surface area contributed by atoms with Gasteiger partial charge in [0.15, 0.2) is 12.5 Å². The maximum absolute atomic E-state index is 12.7. The van der Waals surface area contributed by atoms with Crippen molar-refractivity contribution in [2.45, 2.75) is 32.1 Å². The van der Waals surface area contributed by atoms with Crippen molar-refractivity contribution >= 4 is 17.5 Å². The number of halogens is 1. The molecule has 1 fully saturated rings. The zero-order valence-corrected chi connectivity index (χ0v) is 17.8. The van der Waals surface area contributed by atoms with E-state index in [9.17, 15) is 4.79 Å². The van der Waals surface area contributed by atoms with Crippen LogP contribution in [-0.4, -0.2) is 35.5 Å². The van der Waals surface area contributed by atoms with Gasteiger partial charge in [0.05, 0.1) is 12.1 Å². The molecule has 0 saturated carbocycles. The van der Waals surface area contributed by atoms with Gasteiger partial charge in [0.25, 0.3) is 5.91 Å². The minimum absolute atomic E-state index is 0.00587. The summed E-state index contributed by atoms with van der Waals surface area (Å²) in [5.74, 6) is 2.35. The standard InChI is InChI=1S/C24H25ClN2O3/c1-17-6-2-3-10-22(17)29-16-23(28)27-11-5-8-19(15-27)24-26-14-21(30-24)13-18-7-4-9-20(25)12-18/h2-4,6-7,9-10,12,14,19H,5,8,11,13,15-16H2,1H3/t19-/m0/s1. The molecule has 1 atom stereocenters. The summed E-state index contributed by atoms with van der Waals surface area (Å²) >= 11 is 6.06. The lowest BCUT2D eigenvalue weighted by molar-refractivity contribution is -0.134. The first-order chi connectivity index (χ1) is 14.6. The summed E-state index contributed by atoms with van der Waals surface area (Å²) in [6.07, 6.45) is 4.30. The fourth-order valence-corrected chi connectivity index (χ4v) is 4.01. The Labute approximate surface area is 181 Å². The molecule has 1 aliphatic heterocycles. The molecular formula is C24H25ClN2O3. The van der Waals surface area contributed by atoms with Crippen molar-refractivity contribution in [2.24, 2.45) is 0 Å². The molecule has 5 nitrogen and oxygen atoms in total. The molecular weight excluding hydrogens is 400 g/mol. The van der Waals surface area contributed by atoms with Crippen LogP contribution < -0.4 is 4.74 Å². The number of aromatic nitrogens is 1. The third-order valence-corrected chi connectivity index (χ3v) is 5.64. The molecule has 1 amide bonds. The van der Waals surface area contributed by atoms with E-state index in [-0.39, 0.29) is 18.4 Å². The Kier molecular flexibility index (Phi) is 6.38. The average Bonchev–Trinajstić information content (AvgIpc) is 3.21. The number of amides is 1. The van der Waals surface area contributed by atoms with Crippen molar-refractivity contribution in [3.8, 4) is 5.75 Å². The van der Waals surface area contributed by atoms with Gasteiger partial charge in [-0.3, -0.25) is 4.79 Å². The largest absolute Gasteiger partial charge is 0.484 e. The predicted octanol–water partition coefficient (Wildman–Crippen LogP) is 5.01. The number of ether oxygens (including phenoxy) is 1. The Morgan fingerprint density at radius 3 is 2.97 bits per heavy atom. The fourth-order valence-electron chi connectivity index (χ4n) is 3.80. The lowest BCUT2D eigenvalue weighted by Crippen LogP contribution is -2.41. The number of piperidine rings is 1. The van der Waals surface area contributed by atoms with E-state index in [2.05, 4.69) is 4.98 Å². The van der Waals surface area contributed by atoms with Crippen molar-refractivity contribution in [1.29, 1.82) is 0 Å². The van der Waals surface area contributed by atoms with Crippen LogP contribution in [-0.2, 0) is 11.2 Å². The second-order valence-electron chi connectivity index (χ2n) is 7.70. The number of para-hydroxylation sites is 1. The third kappa shape index (κ3) is 5.03. The van der Waals surface area contributed by atoms with Gasteiger partial charge in [-0.2, -0.15) is 0 Å². The molecule has 2 aromatic carbocycles. The van der Waals surface area contributed by atoms with Crippen LogP contribution in [0.5, 0.6) is 5.75 Å². The molecule has 0 N–H and O–H groups in total. The second kappa shape index (κ2) is 9.35. The first-order valence-electron chi connectivity index (χ1n) is 10.2. The zero-order chi connectivity index (χ0) is 20.9. The van der Waals surface area contributed by atoms with Gasteiger partial charge in [-0.05, 0) is 49.1 Å². The molecule has 1 saturated heterocycles. The van der Waals surface area contributed by atoms with Gasteiger partial charge in [-0.15, -0.1) is 0 Å². The normalized spacial score (nSPS) is 16.5. The Hall–Kier alpha value is -2.79. The first-order valence-corrected chi connectivity index (χ1v) is 10.6. The van der Waals surface area contributed by atoms with E-state index in [1.54, 1.807) is 6.20 Å². The van der Waals surface area contributed by atoms with Gasteiger partial charge in [0.2, 0.25) is 0 Å². The molecule has 6 heteroatoms. The molecule has 1 aromatic heterocycles. The molecule has 0 aliphatic carbocycles. The highest BCUT2D eigenvalue weighted by Gasteiger charge is 2.28. The quantitative estimate of drug-likeness (QED) is 0.558. The van der Waals surface area contributed by atoms with Gasteiger partial charge in [0.1, 0.15) is 11.5 Å². The molecule has 0 radical (unpaired) electrons. The van der Waals surface area contributed by atoms with E-state index in [1.165, 1.54) is 0 Å². The molecule has 0 spiro atoms. The van der Waals surface area contributed by atoms with Gasteiger partial charge < -0.3 is 14.1 Å². The molecule has 2 heterocycles. The van der Waals surface area contributed by atoms with E-state index < -0.39 is 0 Å². The van der Waals surface area contributed by atoms with Crippen LogP contribution in [0.4, 0.5) is 0 Å². The summed E-state index contributed by atoms with van der Waals surface area (Å²) in [6.45, 7) is 3.36. The lowest BCUT2D eigenvalue weighted by atomic mass is 9.98. The number of rotatable bonds is 6. The number of nitrogens with zero attached hydrogens (tertiary/aromatic N) is 2. The van der Waals surface area contributed by atoms with Crippen LogP contribution in [0.3, 0.4) is 0 Å². The number of likely N-dealkylation sites (tertiary alicyclic amines) is 1. The SMILES string of the molecule is Cc1ccccc1OCC(=O)N1CCC[C@H](c2ncc(Cc3cccc(Cl)c3)o2)C1. The topological polar surface area (TPSA) is 55.6 Å². The minimum atomic E-state index is -0.00587. The third-order valence-electron chi connectivity index (χ3n) is 5.41. The number of aryl methyl sites for hydroxylation is 1. The summed E-state index contributed by atoms with van der Waals surface area (Å²) < 4.78 is 11.7. The average molecular weight is 425 g/mol. The van der Waals surface area contributed by atoms with Crippen LogP contribution >= 0.6 is 11.6 Å². The Morgan fingerprint density at radius 1 is 1.27 bits per heavy atom. The summed E-state index contributed by atoms with van der Waals surface area (Å²) in [7, 11) is 0. The molecule has 30 heavy (non-hydrogen) atoms. The Balaban J connectivity index is 1.35. The van der Waals surface area contributed by atoms with Crippen molar-refractivity contribution in [3.05, 3.63) is 82.5 Å². The van der Waals surface area contributed by atoms with Crippen molar-refractivity contribution in [2.75, 3.05) is 19.7 Å². The Morgan fingerprint density at radius 2 is 2.13 bits per heavy atom. The van der Waals surface area contributed by atoms with E-state index in [0.29, 0.717) is 23.9 Å². The number of oxazole rings is 1. The van der Waals surface area contributed by atoms with Gasteiger partial charge in [0, 0.05) is 24.5 Å². The van der Waals surface area contributed by atoms with Crippen LogP contribution in [0, 0.1) is 6.92 Å². The van der Waals surface area contributed by atoms with Crippen LogP contribution in [0.1, 0.15) is 41.5 Å². The number of hydrogen-bond donors (Lipinski definition) is 0. The van der Waals surface area contributed by atoms with Gasteiger partial charge >= 0.3 is 0 Å². The van der Waals surface area contributed by atoms with E-state index in [0.717, 1.165) is 42.0 Å². The summed E-state index contributed by atoms with van der Waals surface area (Å²) in [4.78, 5) is 19.0. The minimum Gasteiger partial charge on any atom is -0.484 e. The summed E-state index contributed by atoms with van der Waals surface area (Å²) in [6, 6.07) is 15.5. The van der Waals surface area contributed by atoms with Crippen molar-refractivity contribution in [3.63, 3.8) is 0 Å². The lowest BCUT2D eigenvalue weighted by Gasteiger charge is -2.31. The number of benzene rings is 2. The first kappa shape index (κ1) is 20.5. The molecule has 156 valence electrons. The molecule has 0 unspecified atom stereocenters. The zero-order valence-electron chi connectivity index (χ0n) is 17.0. The van der Waals surface area contributed by atoms with Crippen LogP contribution in [0.25, 0.3) is 0 Å². The maximum Gasteiger partial charge on any atom is 0.260 e. The summed E-state index contributed by atoms with van der Waals surface area (Å²) in [5.41, 5.74) is 2.10. The highest BCUT2D eigenvalue weighted by molar-refractivity contribution is 6.30. The number of carbonyl (C=O) groups excluding carboxylic acids is 1. The van der Waals surface area contributed by atoms with E-state index in [4.69, 9.17) is 20.8 Å². The highest BCUT2D eigenvalue weighted by atomic mass is 35.5. The number of carbonyl (C=O) groups is 1. The molecule has 4 rings (SSSR count). The molecule has 3 aromatic rings. The van der Waals surface area contributed by atoms with E-state index in [1.807, 2.05) is 60.4 Å². The van der Waals surface area contributed by atoms with E-state index >= 15 is 0 Å². The van der Waals surface area contributed by atoms with Crippen molar-refractivity contribution < 1.29 is 13.9 Å². The second-order valence-corrected chi connectivity index (χ2v) is 8.14.